The van der Waals surface area contributed by atoms with Crippen molar-refractivity contribution >= 4 is 10.0 Å². The molecule has 1 heterocycles. The Balaban J connectivity index is 0.00000420. The van der Waals surface area contributed by atoms with Crippen LogP contribution in [0.1, 0.15) is 70.3 Å². The Labute approximate surface area is 190 Å². The zero-order chi connectivity index (χ0) is 20.3. The highest BCUT2D eigenvalue weighted by Gasteiger charge is 2.34. The Kier molecular flexibility index (Phi) is 12.7. The van der Waals surface area contributed by atoms with E-state index >= 15 is 0 Å². The van der Waals surface area contributed by atoms with Crippen LogP contribution >= 0.6 is 0 Å². The van der Waals surface area contributed by atoms with Crippen LogP contribution in [0, 0.1) is 0 Å². The zero-order valence-electron chi connectivity index (χ0n) is 18.5. The number of likely N-dealkylation sites (N-methyl/N-ethyl adjacent to an activating group) is 1. The second-order valence-corrected chi connectivity index (χ2v) is 10.8. The van der Waals surface area contributed by atoms with Crippen LogP contribution in [-0.4, -0.2) is 56.2 Å². The van der Waals surface area contributed by atoms with Gasteiger partial charge in [0.1, 0.15) is 6.54 Å². The van der Waals surface area contributed by atoms with Gasteiger partial charge in [-0.25, -0.2) is 8.42 Å². The third-order valence-electron chi connectivity index (χ3n) is 6.08. The summed E-state index contributed by atoms with van der Waals surface area (Å²) in [4.78, 5) is 0. The lowest BCUT2D eigenvalue weighted by atomic mass is 10.1. The van der Waals surface area contributed by atoms with E-state index in [1.807, 2.05) is 6.07 Å². The van der Waals surface area contributed by atoms with E-state index in [0.29, 0.717) is 18.8 Å². The van der Waals surface area contributed by atoms with Crippen molar-refractivity contribution in [3.05, 3.63) is 35.9 Å². The normalized spacial score (nSPS) is 17.0. The van der Waals surface area contributed by atoms with Crippen LogP contribution in [0.25, 0.3) is 0 Å². The van der Waals surface area contributed by atoms with Crippen molar-refractivity contribution in [1.29, 1.82) is 0 Å². The second kappa shape index (κ2) is 13.8. The van der Waals surface area contributed by atoms with Crippen LogP contribution < -0.4 is 17.0 Å². The molecular formula is C23H41BrN2O2S. The number of piperazine rings is 1. The van der Waals surface area contributed by atoms with Crippen LogP contribution in [0.15, 0.2) is 30.3 Å². The first-order chi connectivity index (χ1) is 13.5. The molecule has 29 heavy (non-hydrogen) atoms. The quantitative estimate of drug-likeness (QED) is 0.313. The van der Waals surface area contributed by atoms with Gasteiger partial charge in [0.25, 0.3) is 0 Å². The molecule has 1 aromatic carbocycles. The van der Waals surface area contributed by atoms with Crippen molar-refractivity contribution in [2.75, 3.05) is 39.0 Å². The molecule has 4 nitrogen and oxygen atoms in total. The van der Waals surface area contributed by atoms with Gasteiger partial charge < -0.3 is 21.5 Å². The molecule has 1 fully saturated rings. The number of halogens is 1. The number of quaternary nitrogens is 1. The number of nitrogens with zero attached hydrogens (tertiary/aromatic N) is 2. The third-order valence-corrected chi connectivity index (χ3v) is 8.04. The monoisotopic (exact) mass is 488 g/mol. The largest absolute Gasteiger partial charge is 1.00 e. The lowest BCUT2D eigenvalue weighted by Gasteiger charge is -2.41. The maximum absolute atomic E-state index is 12.7. The molecule has 0 radical (unpaired) electrons. The molecule has 168 valence electrons. The summed E-state index contributed by atoms with van der Waals surface area (Å²) < 4.78 is 28.0. The van der Waals surface area contributed by atoms with Gasteiger partial charge in [-0.05, 0) is 6.42 Å². The van der Waals surface area contributed by atoms with Crippen LogP contribution in [0.5, 0.6) is 0 Å². The Bertz CT molecular complexity index is 644. The number of unbranched alkanes of at least 4 members (excludes halogenated alkanes) is 8. The van der Waals surface area contributed by atoms with Gasteiger partial charge >= 0.3 is 0 Å². The van der Waals surface area contributed by atoms with Crippen LogP contribution in [0.3, 0.4) is 0 Å². The van der Waals surface area contributed by atoms with Gasteiger partial charge in [0, 0.05) is 5.56 Å². The summed E-state index contributed by atoms with van der Waals surface area (Å²) in [7, 11) is -0.840. The summed E-state index contributed by atoms with van der Waals surface area (Å²) in [6.07, 6.45) is 10.9. The summed E-state index contributed by atoms with van der Waals surface area (Å²) in [6, 6.07) is 10.5. The van der Waals surface area contributed by atoms with E-state index in [-0.39, 0.29) is 17.0 Å². The molecule has 0 unspecified atom stereocenters. The summed E-state index contributed by atoms with van der Waals surface area (Å²) in [6.45, 7) is 6.32. The van der Waals surface area contributed by atoms with Crippen LogP contribution in [0.4, 0.5) is 0 Å². The molecule has 1 aliphatic rings. The fourth-order valence-electron chi connectivity index (χ4n) is 4.11. The minimum absolute atomic E-state index is 0. The van der Waals surface area contributed by atoms with Crippen molar-refractivity contribution in [3.63, 3.8) is 0 Å². The smallest absolute Gasteiger partial charge is 0.214 e. The topological polar surface area (TPSA) is 37.4 Å². The van der Waals surface area contributed by atoms with E-state index in [1.54, 1.807) is 4.31 Å². The van der Waals surface area contributed by atoms with E-state index in [4.69, 9.17) is 0 Å². The van der Waals surface area contributed by atoms with Gasteiger partial charge in [0.2, 0.25) is 10.0 Å². The summed E-state index contributed by atoms with van der Waals surface area (Å²) in [5, 5.41) is 0. The van der Waals surface area contributed by atoms with Gasteiger partial charge in [-0.2, -0.15) is 4.31 Å². The maximum atomic E-state index is 12.7. The molecule has 0 aromatic heterocycles. The molecule has 0 aliphatic carbocycles. The fraction of sp³-hybridized carbons (Fsp3) is 0.739. The Morgan fingerprint density at radius 3 is 1.93 bits per heavy atom. The average molecular weight is 490 g/mol. The minimum Gasteiger partial charge on any atom is -1.00 e. The van der Waals surface area contributed by atoms with Crippen LogP contribution in [0.2, 0.25) is 0 Å². The molecule has 0 spiro atoms. The number of sulfonamides is 1. The number of hydrogen-bond donors (Lipinski definition) is 0. The highest BCUT2D eigenvalue weighted by molar-refractivity contribution is 7.89. The molecule has 0 bridgehead atoms. The molecule has 0 saturated carbocycles. The van der Waals surface area contributed by atoms with Gasteiger partial charge in [-0.15, -0.1) is 0 Å². The zero-order valence-corrected chi connectivity index (χ0v) is 20.9. The number of hydrogen-bond acceptors (Lipinski definition) is 2. The molecule has 0 amide bonds. The Hall–Kier alpha value is -0.430. The van der Waals surface area contributed by atoms with Gasteiger partial charge in [0.15, 0.2) is 0 Å². The van der Waals surface area contributed by atoms with Crippen LogP contribution in [-0.2, 0) is 16.6 Å². The molecule has 1 aliphatic heterocycles. The highest BCUT2D eigenvalue weighted by Crippen LogP contribution is 2.19. The standard InChI is InChI=1S/C23H41N2O2S.BrH/c1-3-4-5-6-7-8-9-10-14-21-28(26,27)24-17-19-25(2,20-18-24)22-23-15-12-11-13-16-23;/h11-13,15-16H,3-10,14,17-22H2,1-2H3;1H/q+1;/p-1. The van der Waals surface area contributed by atoms with E-state index in [2.05, 4.69) is 38.2 Å². The van der Waals surface area contributed by atoms with Gasteiger partial charge in [-0.1, -0.05) is 88.6 Å². The SMILES string of the molecule is CCCCCCCCCCCS(=O)(=O)N1CC[N+](C)(Cc2ccccc2)CC1.[Br-]. The third kappa shape index (κ3) is 9.95. The Morgan fingerprint density at radius 1 is 0.862 bits per heavy atom. The van der Waals surface area contributed by atoms with E-state index in [9.17, 15) is 8.42 Å². The molecule has 0 N–H and O–H groups in total. The molecule has 1 aromatic rings. The first-order valence-electron chi connectivity index (χ1n) is 11.3. The van der Waals surface area contributed by atoms with Crippen molar-refractivity contribution in [1.82, 2.24) is 4.31 Å². The minimum atomic E-state index is -3.09. The van der Waals surface area contributed by atoms with Crippen molar-refractivity contribution in [2.45, 2.75) is 71.3 Å². The van der Waals surface area contributed by atoms with E-state index in [1.165, 1.54) is 50.5 Å². The first kappa shape index (κ1) is 26.6. The lowest BCUT2D eigenvalue weighted by molar-refractivity contribution is -0.925. The van der Waals surface area contributed by atoms with Gasteiger partial charge in [-0.3, -0.25) is 0 Å². The summed E-state index contributed by atoms with van der Waals surface area (Å²) >= 11 is 0. The predicted molar refractivity (Wildman–Crippen MR) is 119 cm³/mol. The van der Waals surface area contributed by atoms with Gasteiger partial charge in [0.05, 0.1) is 39.0 Å². The van der Waals surface area contributed by atoms with E-state index < -0.39 is 10.0 Å². The molecule has 2 rings (SSSR count). The molecular weight excluding hydrogens is 448 g/mol. The molecule has 6 heteroatoms. The molecule has 0 atom stereocenters. The first-order valence-corrected chi connectivity index (χ1v) is 12.9. The highest BCUT2D eigenvalue weighted by atomic mass is 79.9. The molecule has 1 saturated heterocycles. The number of benzene rings is 1. The van der Waals surface area contributed by atoms with Crippen molar-refractivity contribution in [2.24, 2.45) is 0 Å². The second-order valence-electron chi connectivity index (χ2n) is 8.75. The lowest BCUT2D eigenvalue weighted by Crippen LogP contribution is -3.00. The summed E-state index contributed by atoms with van der Waals surface area (Å²) in [5.74, 6) is 0.325. The predicted octanol–water partition coefficient (Wildman–Crippen LogP) is 1.81. The maximum Gasteiger partial charge on any atom is 0.214 e. The Morgan fingerprint density at radius 2 is 1.38 bits per heavy atom. The fourth-order valence-corrected chi connectivity index (χ4v) is 5.66. The van der Waals surface area contributed by atoms with Crippen molar-refractivity contribution < 1.29 is 29.9 Å². The summed E-state index contributed by atoms with van der Waals surface area (Å²) in [5.41, 5.74) is 1.33. The van der Waals surface area contributed by atoms with Crippen molar-refractivity contribution in [3.8, 4) is 0 Å². The average Bonchev–Trinajstić information content (AvgIpc) is 2.67. The van der Waals surface area contributed by atoms with E-state index in [0.717, 1.165) is 37.0 Å². The number of rotatable bonds is 13.